The second kappa shape index (κ2) is 9.28. The molecule has 0 saturated carbocycles. The molecule has 0 fully saturated rings. The normalized spacial score (nSPS) is 13.1. The first-order valence-electron chi connectivity index (χ1n) is 10.1. The highest BCUT2D eigenvalue weighted by Gasteiger charge is 2.22. The van der Waals surface area contributed by atoms with Gasteiger partial charge in [-0.3, -0.25) is 14.2 Å². The summed E-state index contributed by atoms with van der Waals surface area (Å²) in [5.41, 5.74) is 1.65. The van der Waals surface area contributed by atoms with Gasteiger partial charge in [0.2, 0.25) is 0 Å². The standard InChI is InChI=1S/C23H24N2O4S2/c1-4-11-25-22(27)20-15-7-5-6-8-19(15)31-21(20)24-23(25)30-13-16(26)14-9-10-17(28-2)18(12-14)29-3/h4,9-10,12H,1,5-8,11,13H2,2-3H3. The molecule has 0 unspecified atom stereocenters. The Morgan fingerprint density at radius 3 is 2.77 bits per heavy atom. The number of hydrogen-bond donors (Lipinski definition) is 0. The van der Waals surface area contributed by atoms with E-state index in [9.17, 15) is 9.59 Å². The van der Waals surface area contributed by atoms with Crippen LogP contribution in [-0.4, -0.2) is 35.3 Å². The summed E-state index contributed by atoms with van der Waals surface area (Å²) in [6, 6.07) is 5.10. The van der Waals surface area contributed by atoms with Gasteiger partial charge in [0.15, 0.2) is 22.4 Å². The number of benzene rings is 1. The number of nitrogens with zero attached hydrogens (tertiary/aromatic N) is 2. The zero-order valence-corrected chi connectivity index (χ0v) is 19.2. The molecular formula is C23H24N2O4S2. The molecule has 0 radical (unpaired) electrons. The maximum atomic E-state index is 13.3. The number of aryl methyl sites for hydroxylation is 2. The molecule has 0 saturated heterocycles. The number of carbonyl (C=O) groups is 1. The minimum atomic E-state index is -0.0732. The van der Waals surface area contributed by atoms with Gasteiger partial charge in [-0.25, -0.2) is 4.98 Å². The van der Waals surface area contributed by atoms with Crippen LogP contribution in [-0.2, 0) is 19.4 Å². The van der Waals surface area contributed by atoms with Crippen molar-refractivity contribution in [2.45, 2.75) is 37.4 Å². The van der Waals surface area contributed by atoms with E-state index in [1.54, 1.807) is 47.3 Å². The maximum Gasteiger partial charge on any atom is 0.263 e. The van der Waals surface area contributed by atoms with Gasteiger partial charge in [0.25, 0.3) is 5.56 Å². The van der Waals surface area contributed by atoms with Crippen LogP contribution in [0.2, 0.25) is 0 Å². The van der Waals surface area contributed by atoms with E-state index in [1.807, 2.05) is 0 Å². The lowest BCUT2D eigenvalue weighted by atomic mass is 9.97. The number of Topliss-reactive ketones (excluding diaryl/α,β-unsaturated/α-hetero) is 1. The van der Waals surface area contributed by atoms with Crippen molar-refractivity contribution in [2.75, 3.05) is 20.0 Å². The number of fused-ring (bicyclic) bond motifs is 3. The molecule has 8 heteroatoms. The predicted molar refractivity (Wildman–Crippen MR) is 125 cm³/mol. The van der Waals surface area contributed by atoms with Crippen LogP contribution >= 0.6 is 23.1 Å². The molecule has 4 rings (SSSR count). The van der Waals surface area contributed by atoms with Gasteiger partial charge in [-0.15, -0.1) is 17.9 Å². The second-order valence-electron chi connectivity index (χ2n) is 7.27. The van der Waals surface area contributed by atoms with Gasteiger partial charge in [0.05, 0.1) is 25.4 Å². The first kappa shape index (κ1) is 21.6. The Morgan fingerprint density at radius 2 is 2.03 bits per heavy atom. The highest BCUT2D eigenvalue weighted by Crippen LogP contribution is 2.35. The summed E-state index contributed by atoms with van der Waals surface area (Å²) in [4.78, 5) is 32.9. The fourth-order valence-corrected chi connectivity index (χ4v) is 6.05. The number of ketones is 1. The van der Waals surface area contributed by atoms with Gasteiger partial charge in [-0.2, -0.15) is 0 Å². The third kappa shape index (κ3) is 4.14. The van der Waals surface area contributed by atoms with Crippen molar-refractivity contribution in [3.63, 3.8) is 0 Å². The fourth-order valence-electron chi connectivity index (χ4n) is 3.84. The number of carbonyl (C=O) groups excluding carboxylic acids is 1. The highest BCUT2D eigenvalue weighted by molar-refractivity contribution is 7.99. The molecule has 31 heavy (non-hydrogen) atoms. The molecule has 1 aliphatic carbocycles. The zero-order valence-electron chi connectivity index (χ0n) is 17.6. The average molecular weight is 457 g/mol. The largest absolute Gasteiger partial charge is 0.493 e. The number of allylic oxidation sites excluding steroid dienone is 1. The lowest BCUT2D eigenvalue weighted by Gasteiger charge is -2.12. The van der Waals surface area contributed by atoms with Gasteiger partial charge in [0.1, 0.15) is 4.83 Å². The van der Waals surface area contributed by atoms with Crippen molar-refractivity contribution in [1.82, 2.24) is 9.55 Å². The lowest BCUT2D eigenvalue weighted by molar-refractivity contribution is 0.102. The smallest absolute Gasteiger partial charge is 0.263 e. The summed E-state index contributed by atoms with van der Waals surface area (Å²) < 4.78 is 12.2. The molecular weight excluding hydrogens is 432 g/mol. The van der Waals surface area contributed by atoms with Crippen LogP contribution in [0.1, 0.15) is 33.6 Å². The molecule has 2 aromatic heterocycles. The fraction of sp³-hybridized carbons (Fsp3) is 0.348. The van der Waals surface area contributed by atoms with E-state index in [1.165, 1.54) is 29.3 Å². The van der Waals surface area contributed by atoms with E-state index in [0.29, 0.717) is 28.8 Å². The van der Waals surface area contributed by atoms with Crippen LogP contribution in [0.15, 0.2) is 40.8 Å². The Hall–Kier alpha value is -2.58. The van der Waals surface area contributed by atoms with E-state index in [4.69, 9.17) is 14.5 Å². The molecule has 3 aromatic rings. The first-order valence-corrected chi connectivity index (χ1v) is 11.9. The summed E-state index contributed by atoms with van der Waals surface area (Å²) in [7, 11) is 3.09. The van der Waals surface area contributed by atoms with E-state index in [2.05, 4.69) is 6.58 Å². The highest BCUT2D eigenvalue weighted by atomic mass is 32.2. The van der Waals surface area contributed by atoms with Crippen LogP contribution in [0.25, 0.3) is 10.2 Å². The van der Waals surface area contributed by atoms with Crippen LogP contribution in [0, 0.1) is 0 Å². The monoisotopic (exact) mass is 456 g/mol. The minimum absolute atomic E-state index is 0.0367. The molecule has 0 amide bonds. The predicted octanol–water partition coefficient (Wildman–Crippen LogP) is 4.52. The van der Waals surface area contributed by atoms with E-state index < -0.39 is 0 Å². The number of aromatic nitrogens is 2. The third-order valence-corrected chi connectivity index (χ3v) is 7.55. The summed E-state index contributed by atoms with van der Waals surface area (Å²) in [5.74, 6) is 1.16. The maximum absolute atomic E-state index is 13.3. The van der Waals surface area contributed by atoms with E-state index in [-0.39, 0.29) is 17.1 Å². The van der Waals surface area contributed by atoms with E-state index >= 15 is 0 Å². The number of hydrogen-bond acceptors (Lipinski definition) is 7. The van der Waals surface area contributed by atoms with Crippen LogP contribution in [0.5, 0.6) is 11.5 Å². The van der Waals surface area contributed by atoms with Crippen molar-refractivity contribution in [2.24, 2.45) is 0 Å². The number of thioether (sulfide) groups is 1. The Labute approximate surface area is 188 Å². The number of ether oxygens (including phenoxy) is 2. The van der Waals surface area contributed by atoms with Gasteiger partial charge in [-0.1, -0.05) is 17.8 Å². The van der Waals surface area contributed by atoms with Crippen molar-refractivity contribution < 1.29 is 14.3 Å². The Bertz CT molecular complexity index is 1210. The van der Waals surface area contributed by atoms with Gasteiger partial charge >= 0.3 is 0 Å². The van der Waals surface area contributed by atoms with Crippen molar-refractivity contribution in [1.29, 1.82) is 0 Å². The summed E-state index contributed by atoms with van der Waals surface area (Å²) in [6.07, 6.45) is 5.90. The molecule has 0 aliphatic heterocycles. The summed E-state index contributed by atoms with van der Waals surface area (Å²) in [5, 5.41) is 1.29. The van der Waals surface area contributed by atoms with Gasteiger partial charge in [-0.05, 0) is 49.4 Å². The first-order chi connectivity index (χ1) is 15.1. The Kier molecular flexibility index (Phi) is 6.48. The van der Waals surface area contributed by atoms with E-state index in [0.717, 1.165) is 35.9 Å². The second-order valence-corrected chi connectivity index (χ2v) is 9.30. The molecule has 162 valence electrons. The minimum Gasteiger partial charge on any atom is -0.493 e. The van der Waals surface area contributed by atoms with Gasteiger partial charge < -0.3 is 9.47 Å². The molecule has 2 heterocycles. The Morgan fingerprint density at radius 1 is 1.26 bits per heavy atom. The number of methoxy groups -OCH3 is 2. The van der Waals surface area contributed by atoms with Crippen molar-refractivity contribution in [3.05, 3.63) is 57.2 Å². The third-order valence-electron chi connectivity index (χ3n) is 5.39. The zero-order chi connectivity index (χ0) is 22.0. The molecule has 0 N–H and O–H groups in total. The van der Waals surface area contributed by atoms with Crippen molar-refractivity contribution >= 4 is 39.1 Å². The average Bonchev–Trinajstić information content (AvgIpc) is 3.17. The van der Waals surface area contributed by atoms with Crippen LogP contribution in [0.4, 0.5) is 0 Å². The van der Waals surface area contributed by atoms with Gasteiger partial charge in [0, 0.05) is 17.0 Å². The molecule has 6 nitrogen and oxygen atoms in total. The topological polar surface area (TPSA) is 70.4 Å². The van der Waals surface area contributed by atoms with Crippen LogP contribution < -0.4 is 15.0 Å². The SMILES string of the molecule is C=CCn1c(SCC(=O)c2ccc(OC)c(OC)c2)nc2sc3c(c2c1=O)CCCC3. The molecule has 0 atom stereocenters. The van der Waals surface area contributed by atoms with Crippen LogP contribution in [0.3, 0.4) is 0 Å². The molecule has 0 spiro atoms. The summed E-state index contributed by atoms with van der Waals surface area (Å²) >= 11 is 2.89. The molecule has 1 aliphatic rings. The number of rotatable bonds is 8. The lowest BCUT2D eigenvalue weighted by Crippen LogP contribution is -2.23. The molecule has 0 bridgehead atoms. The summed E-state index contributed by atoms with van der Waals surface area (Å²) in [6.45, 7) is 4.15. The van der Waals surface area contributed by atoms with Crippen molar-refractivity contribution in [3.8, 4) is 11.5 Å². The number of thiophene rings is 1. The Balaban J connectivity index is 1.65. The quantitative estimate of drug-likeness (QED) is 0.215. The molecule has 1 aromatic carbocycles.